The maximum absolute atomic E-state index is 12.5. The number of hydrazone groups is 1. The molecule has 1 aromatic heterocycles. The quantitative estimate of drug-likeness (QED) is 0.192. The third-order valence-corrected chi connectivity index (χ3v) is 6.52. The van der Waals surface area contributed by atoms with Crippen LogP contribution in [-0.2, 0) is 11.3 Å². The fraction of sp³-hybridized carbons (Fsp3) is 0.222. The summed E-state index contributed by atoms with van der Waals surface area (Å²) in [4.78, 5) is 17.3. The lowest BCUT2D eigenvalue weighted by Gasteiger charge is -2.11. The van der Waals surface area contributed by atoms with Crippen LogP contribution in [0.2, 0.25) is 0 Å². The minimum Gasteiger partial charge on any atom is -0.496 e. The summed E-state index contributed by atoms with van der Waals surface area (Å²) < 4.78 is 18.2. The zero-order valence-electron chi connectivity index (χ0n) is 20.6. The van der Waals surface area contributed by atoms with Gasteiger partial charge in [0.25, 0.3) is 5.91 Å². The summed E-state index contributed by atoms with van der Waals surface area (Å²) in [5, 5.41) is 4.87. The molecule has 0 spiro atoms. The van der Waals surface area contributed by atoms with E-state index in [9.17, 15) is 4.79 Å². The number of amides is 1. The fourth-order valence-corrected chi connectivity index (χ4v) is 4.49. The molecule has 0 radical (unpaired) electrons. The summed E-state index contributed by atoms with van der Waals surface area (Å²) in [7, 11) is 4.66. The summed E-state index contributed by atoms with van der Waals surface area (Å²) in [6.07, 6.45) is 1.51. The summed E-state index contributed by atoms with van der Waals surface area (Å²) >= 11 is 1.37. The monoisotopic (exact) mass is 504 g/mol. The number of aromatic nitrogens is 2. The van der Waals surface area contributed by atoms with Gasteiger partial charge in [-0.2, -0.15) is 5.10 Å². The van der Waals surface area contributed by atoms with Crippen molar-refractivity contribution >= 4 is 34.9 Å². The normalized spacial score (nSPS) is 11.1. The Morgan fingerprint density at radius 3 is 2.42 bits per heavy atom. The van der Waals surface area contributed by atoms with E-state index in [0.29, 0.717) is 29.4 Å². The van der Waals surface area contributed by atoms with Gasteiger partial charge in [-0.05, 0) is 30.7 Å². The number of hydrogen-bond donors (Lipinski definition) is 1. The van der Waals surface area contributed by atoms with Gasteiger partial charge in [0, 0.05) is 11.6 Å². The number of thioether (sulfide) groups is 1. The lowest BCUT2D eigenvalue weighted by Crippen LogP contribution is -2.20. The number of fused-ring (bicyclic) bond motifs is 1. The van der Waals surface area contributed by atoms with Crippen molar-refractivity contribution in [3.05, 3.63) is 77.4 Å². The Kier molecular flexibility index (Phi) is 8.12. The predicted octanol–water partition coefficient (Wildman–Crippen LogP) is 4.66. The van der Waals surface area contributed by atoms with Gasteiger partial charge in [-0.3, -0.25) is 4.79 Å². The maximum atomic E-state index is 12.5. The number of nitrogens with zero attached hydrogens (tertiary/aromatic N) is 3. The molecule has 0 aliphatic heterocycles. The van der Waals surface area contributed by atoms with Gasteiger partial charge >= 0.3 is 0 Å². The number of para-hydroxylation sites is 2. The molecule has 0 aliphatic rings. The van der Waals surface area contributed by atoms with Crippen LogP contribution in [0, 0.1) is 6.92 Å². The molecule has 9 heteroatoms. The molecular formula is C27H28N4O4S. The van der Waals surface area contributed by atoms with Crippen LogP contribution in [0.3, 0.4) is 0 Å². The van der Waals surface area contributed by atoms with Gasteiger partial charge in [0.2, 0.25) is 0 Å². The fourth-order valence-electron chi connectivity index (χ4n) is 3.68. The van der Waals surface area contributed by atoms with Gasteiger partial charge in [-0.15, -0.1) is 0 Å². The highest BCUT2D eigenvalue weighted by Crippen LogP contribution is 2.33. The molecule has 4 aromatic rings. The molecule has 3 aromatic carbocycles. The molecule has 0 fully saturated rings. The van der Waals surface area contributed by atoms with Crippen LogP contribution in [-0.4, -0.2) is 48.8 Å². The molecule has 0 saturated heterocycles. The second-order valence-electron chi connectivity index (χ2n) is 7.99. The zero-order valence-corrected chi connectivity index (χ0v) is 21.5. The van der Waals surface area contributed by atoms with Crippen molar-refractivity contribution in [2.45, 2.75) is 18.6 Å². The number of rotatable bonds is 10. The maximum Gasteiger partial charge on any atom is 0.250 e. The first-order valence-corrected chi connectivity index (χ1v) is 12.3. The molecule has 186 valence electrons. The first kappa shape index (κ1) is 25.1. The topological polar surface area (TPSA) is 87.0 Å². The van der Waals surface area contributed by atoms with E-state index in [1.54, 1.807) is 33.5 Å². The van der Waals surface area contributed by atoms with Crippen molar-refractivity contribution < 1.29 is 19.0 Å². The number of benzene rings is 3. The Hall–Kier alpha value is -3.98. The van der Waals surface area contributed by atoms with E-state index in [2.05, 4.69) is 46.3 Å². The van der Waals surface area contributed by atoms with Crippen LogP contribution in [0.1, 0.15) is 16.7 Å². The molecule has 36 heavy (non-hydrogen) atoms. The summed E-state index contributed by atoms with van der Waals surface area (Å²) in [5.41, 5.74) is 7.52. The first-order valence-electron chi connectivity index (χ1n) is 11.3. The second kappa shape index (κ2) is 11.6. The largest absolute Gasteiger partial charge is 0.496 e. The molecule has 8 nitrogen and oxygen atoms in total. The minimum absolute atomic E-state index is 0.164. The summed E-state index contributed by atoms with van der Waals surface area (Å²) in [6.45, 7) is 2.74. The molecule has 0 aliphatic carbocycles. The highest BCUT2D eigenvalue weighted by Gasteiger charge is 2.14. The molecule has 1 heterocycles. The van der Waals surface area contributed by atoms with Crippen LogP contribution < -0.4 is 19.6 Å². The van der Waals surface area contributed by atoms with E-state index >= 15 is 0 Å². The molecule has 1 N–H and O–H groups in total. The number of imidazole rings is 1. The van der Waals surface area contributed by atoms with Crippen LogP contribution in [0.4, 0.5) is 0 Å². The van der Waals surface area contributed by atoms with E-state index in [4.69, 9.17) is 19.2 Å². The van der Waals surface area contributed by atoms with Gasteiger partial charge < -0.3 is 18.8 Å². The van der Waals surface area contributed by atoms with E-state index in [-0.39, 0.29) is 11.7 Å². The highest BCUT2D eigenvalue weighted by molar-refractivity contribution is 7.99. The van der Waals surface area contributed by atoms with Crippen LogP contribution >= 0.6 is 11.8 Å². The number of methoxy groups -OCH3 is 3. The average Bonchev–Trinajstić information content (AvgIpc) is 3.25. The van der Waals surface area contributed by atoms with Gasteiger partial charge in [-0.25, -0.2) is 10.4 Å². The third-order valence-electron chi connectivity index (χ3n) is 5.54. The Morgan fingerprint density at radius 1 is 1.00 bits per heavy atom. The SMILES string of the molecule is COc1cc(OC)c(OC)cc1/C=N\NC(=O)CSc1nc2ccccc2n1Cc1ccc(C)cc1. The minimum atomic E-state index is -0.246. The Bertz CT molecular complexity index is 1380. The van der Waals surface area contributed by atoms with E-state index in [1.807, 2.05) is 24.3 Å². The van der Waals surface area contributed by atoms with E-state index in [1.165, 1.54) is 29.1 Å². The number of carbonyl (C=O) groups excluding carboxylic acids is 1. The standard InChI is InChI=1S/C27H28N4O4S/c1-18-9-11-19(12-10-18)16-31-22-8-6-5-7-21(22)29-27(31)36-17-26(32)30-28-15-20-13-24(34-3)25(35-4)14-23(20)33-2/h5-15H,16-17H2,1-4H3,(H,30,32)/b28-15-. The Labute approximate surface area is 214 Å². The van der Waals surface area contributed by atoms with E-state index < -0.39 is 0 Å². The van der Waals surface area contributed by atoms with Crippen molar-refractivity contribution in [1.82, 2.24) is 15.0 Å². The molecular weight excluding hydrogens is 476 g/mol. The number of hydrogen-bond acceptors (Lipinski definition) is 7. The van der Waals surface area contributed by atoms with Crippen LogP contribution in [0.25, 0.3) is 11.0 Å². The van der Waals surface area contributed by atoms with Crippen molar-refractivity contribution in [3.8, 4) is 17.2 Å². The van der Waals surface area contributed by atoms with Gasteiger partial charge in [0.05, 0.1) is 50.9 Å². The Morgan fingerprint density at radius 2 is 1.69 bits per heavy atom. The lowest BCUT2D eigenvalue weighted by molar-refractivity contribution is -0.118. The molecule has 0 unspecified atom stereocenters. The summed E-state index contributed by atoms with van der Waals surface area (Å²) in [5.74, 6) is 1.54. The first-order chi connectivity index (χ1) is 17.5. The third kappa shape index (κ3) is 5.80. The zero-order chi connectivity index (χ0) is 25.5. The number of carbonyl (C=O) groups is 1. The number of aryl methyl sites for hydroxylation is 1. The smallest absolute Gasteiger partial charge is 0.250 e. The van der Waals surface area contributed by atoms with Crippen molar-refractivity contribution in [2.75, 3.05) is 27.1 Å². The van der Waals surface area contributed by atoms with Crippen LogP contribution in [0.15, 0.2) is 70.9 Å². The summed E-state index contributed by atoms with van der Waals surface area (Å²) in [6, 6.07) is 19.8. The number of nitrogens with one attached hydrogen (secondary N) is 1. The van der Waals surface area contributed by atoms with Gasteiger partial charge in [-0.1, -0.05) is 53.7 Å². The Balaban J connectivity index is 1.45. The molecule has 0 saturated carbocycles. The molecule has 4 rings (SSSR count). The molecule has 1 amide bonds. The highest BCUT2D eigenvalue weighted by atomic mass is 32.2. The second-order valence-corrected chi connectivity index (χ2v) is 8.93. The van der Waals surface area contributed by atoms with Gasteiger partial charge in [0.15, 0.2) is 16.7 Å². The van der Waals surface area contributed by atoms with Crippen molar-refractivity contribution in [2.24, 2.45) is 5.10 Å². The van der Waals surface area contributed by atoms with E-state index in [0.717, 1.165) is 16.2 Å². The van der Waals surface area contributed by atoms with Crippen molar-refractivity contribution in [3.63, 3.8) is 0 Å². The van der Waals surface area contributed by atoms with Crippen molar-refractivity contribution in [1.29, 1.82) is 0 Å². The molecule has 0 bridgehead atoms. The molecule has 0 atom stereocenters. The predicted molar refractivity (Wildman–Crippen MR) is 143 cm³/mol. The van der Waals surface area contributed by atoms with Gasteiger partial charge in [0.1, 0.15) is 5.75 Å². The number of ether oxygens (including phenoxy) is 3. The van der Waals surface area contributed by atoms with Crippen LogP contribution in [0.5, 0.6) is 17.2 Å². The lowest BCUT2D eigenvalue weighted by atomic mass is 10.1. The average molecular weight is 505 g/mol.